The molecule has 2 atom stereocenters. The average molecular weight is 686 g/mol. The largest absolute Gasteiger partial charge is 0.507 e. The number of rotatable bonds is 9. The topological polar surface area (TPSA) is 85.6 Å². The van der Waals surface area contributed by atoms with Crippen LogP contribution in [0.5, 0.6) is 11.6 Å². The predicted octanol–water partition coefficient (Wildman–Crippen LogP) is 6.41. The third-order valence-corrected chi connectivity index (χ3v) is 14.5. The molecule has 2 aromatic heterocycles. The van der Waals surface area contributed by atoms with E-state index in [-0.39, 0.29) is 47.1 Å². The zero-order chi connectivity index (χ0) is 33.9. The van der Waals surface area contributed by atoms with Gasteiger partial charge in [-0.3, -0.25) is 4.79 Å². The Labute approximate surface area is 286 Å². The van der Waals surface area contributed by atoms with Crippen molar-refractivity contribution >= 4 is 41.2 Å². The molecule has 1 unspecified atom stereocenters. The maximum absolute atomic E-state index is 15.5. The van der Waals surface area contributed by atoms with Crippen molar-refractivity contribution in [1.29, 1.82) is 0 Å². The SMILES string of the molecule is CC(C)(C)[Si](OC1CCN[C@H](COc2nc(Cl)c(F)c3c2c(O)cc(=O)n3Cc2ccccc2)CC1)(c1ccccc1)c1ccccc1. The summed E-state index contributed by atoms with van der Waals surface area (Å²) < 4.78 is 30.3. The molecule has 0 radical (unpaired) electrons. The molecule has 1 aliphatic heterocycles. The second-order valence-electron chi connectivity index (χ2n) is 13.4. The fraction of sp³-hybridized carbons (Fsp3) is 0.316. The highest BCUT2D eigenvalue weighted by Crippen LogP contribution is 2.39. The molecule has 7 nitrogen and oxygen atoms in total. The van der Waals surface area contributed by atoms with Gasteiger partial charge in [0.1, 0.15) is 17.7 Å². The van der Waals surface area contributed by atoms with Crippen LogP contribution in [-0.4, -0.2) is 48.3 Å². The van der Waals surface area contributed by atoms with Gasteiger partial charge in [0.15, 0.2) is 11.0 Å². The number of ether oxygens (including phenoxy) is 1. The first-order valence-electron chi connectivity index (χ1n) is 16.4. The van der Waals surface area contributed by atoms with Gasteiger partial charge >= 0.3 is 0 Å². The van der Waals surface area contributed by atoms with Gasteiger partial charge in [0, 0.05) is 18.2 Å². The van der Waals surface area contributed by atoms with Gasteiger partial charge < -0.3 is 24.2 Å². The van der Waals surface area contributed by atoms with E-state index in [4.69, 9.17) is 20.8 Å². The van der Waals surface area contributed by atoms with E-state index in [1.165, 1.54) is 14.9 Å². The van der Waals surface area contributed by atoms with E-state index < -0.39 is 30.6 Å². The summed E-state index contributed by atoms with van der Waals surface area (Å²) in [7, 11) is -2.71. The molecule has 1 aliphatic rings. The molecule has 5 aromatic rings. The number of nitrogens with zero attached hydrogens (tertiary/aromatic N) is 2. The number of nitrogens with one attached hydrogen (secondary N) is 1. The number of aromatic nitrogens is 2. The Bertz CT molecular complexity index is 1880. The van der Waals surface area contributed by atoms with Crippen molar-refractivity contribution in [3.8, 4) is 11.6 Å². The minimum Gasteiger partial charge on any atom is -0.507 e. The molecule has 3 heterocycles. The first-order chi connectivity index (χ1) is 23.1. The fourth-order valence-corrected chi connectivity index (χ4v) is 11.8. The molecule has 3 aromatic carbocycles. The third-order valence-electron chi connectivity index (χ3n) is 9.19. The highest BCUT2D eigenvalue weighted by atomic mass is 35.5. The predicted molar refractivity (Wildman–Crippen MR) is 192 cm³/mol. The summed E-state index contributed by atoms with van der Waals surface area (Å²) >= 11 is 6.25. The fourth-order valence-electron chi connectivity index (χ4n) is 6.85. The highest BCUT2D eigenvalue weighted by molar-refractivity contribution is 6.99. The summed E-state index contributed by atoms with van der Waals surface area (Å²) in [4.78, 5) is 17.1. The monoisotopic (exact) mass is 685 g/mol. The number of hydrogen-bond donors (Lipinski definition) is 2. The lowest BCUT2D eigenvalue weighted by molar-refractivity contribution is 0.171. The van der Waals surface area contributed by atoms with Crippen molar-refractivity contribution < 1.29 is 18.7 Å². The molecular formula is C38H41ClFN3O4Si. The summed E-state index contributed by atoms with van der Waals surface area (Å²) in [5.41, 5.74) is 0.0821. The molecule has 0 aliphatic carbocycles. The minimum absolute atomic E-state index is 0.00828. The maximum Gasteiger partial charge on any atom is 0.261 e. The molecule has 0 bridgehead atoms. The summed E-state index contributed by atoms with van der Waals surface area (Å²) in [5, 5.41) is 16.4. The lowest BCUT2D eigenvalue weighted by Crippen LogP contribution is -2.67. The van der Waals surface area contributed by atoms with Crippen molar-refractivity contribution in [2.24, 2.45) is 0 Å². The van der Waals surface area contributed by atoms with Crippen LogP contribution in [0.4, 0.5) is 4.39 Å². The van der Waals surface area contributed by atoms with Crippen molar-refractivity contribution in [3.63, 3.8) is 0 Å². The smallest absolute Gasteiger partial charge is 0.261 e. The first kappa shape index (κ1) is 33.9. The van der Waals surface area contributed by atoms with Gasteiger partial charge in [-0.2, -0.15) is 4.98 Å². The number of halogens is 2. The molecule has 2 N–H and O–H groups in total. The van der Waals surface area contributed by atoms with Gasteiger partial charge in [0.2, 0.25) is 5.88 Å². The Kier molecular flexibility index (Phi) is 10.0. The molecular weight excluding hydrogens is 645 g/mol. The molecule has 250 valence electrons. The van der Waals surface area contributed by atoms with Crippen LogP contribution in [0.15, 0.2) is 102 Å². The van der Waals surface area contributed by atoms with E-state index in [1.54, 1.807) is 0 Å². The summed E-state index contributed by atoms with van der Waals surface area (Å²) in [6, 6.07) is 31.5. The van der Waals surface area contributed by atoms with Gasteiger partial charge in [-0.15, -0.1) is 0 Å². The standard InChI is InChI=1S/C38H41ClFN3O4Si/c1-38(2,3)48(29-15-9-5-10-16-29,30-17-11-6-12-18-30)47-28-20-19-27(41-22-21-28)25-46-37-33-31(44)23-32(45)43(24-26-13-7-4-8-14-26)35(33)34(40)36(39)42-37/h4-18,23,27-28,41,44H,19-22,24-25H2,1-3H3/t27-,28?/m0/s1. The van der Waals surface area contributed by atoms with Crippen LogP contribution in [0.2, 0.25) is 10.2 Å². The number of fused-ring (bicyclic) bond motifs is 1. The van der Waals surface area contributed by atoms with E-state index in [0.29, 0.717) is 0 Å². The van der Waals surface area contributed by atoms with Crippen molar-refractivity contribution in [1.82, 2.24) is 14.9 Å². The molecule has 48 heavy (non-hydrogen) atoms. The molecule has 6 rings (SSSR count). The zero-order valence-corrected chi connectivity index (χ0v) is 29.2. The average Bonchev–Trinajstić information content (AvgIpc) is 3.31. The van der Waals surface area contributed by atoms with Crippen LogP contribution in [0.25, 0.3) is 10.9 Å². The zero-order valence-electron chi connectivity index (χ0n) is 27.5. The van der Waals surface area contributed by atoms with E-state index >= 15 is 4.39 Å². The number of hydrogen-bond acceptors (Lipinski definition) is 6. The second-order valence-corrected chi connectivity index (χ2v) is 18.0. The Balaban J connectivity index is 1.24. The molecule has 0 saturated carbocycles. The Morgan fingerprint density at radius 2 is 1.56 bits per heavy atom. The lowest BCUT2D eigenvalue weighted by atomic mass is 10.1. The van der Waals surface area contributed by atoms with E-state index in [0.717, 1.165) is 37.4 Å². The Morgan fingerprint density at radius 1 is 0.958 bits per heavy atom. The lowest BCUT2D eigenvalue weighted by Gasteiger charge is -2.45. The molecule has 10 heteroatoms. The summed E-state index contributed by atoms with van der Waals surface area (Å²) in [5.74, 6) is -1.33. The van der Waals surface area contributed by atoms with Gasteiger partial charge in [-0.25, -0.2) is 4.39 Å². The Morgan fingerprint density at radius 3 is 2.17 bits per heavy atom. The van der Waals surface area contributed by atoms with E-state index in [2.05, 4.69) is 79.6 Å². The van der Waals surface area contributed by atoms with Gasteiger partial charge in [-0.05, 0) is 46.8 Å². The van der Waals surface area contributed by atoms with Gasteiger partial charge in [0.05, 0.1) is 12.1 Å². The van der Waals surface area contributed by atoms with Crippen molar-refractivity contribution in [2.45, 2.75) is 63.8 Å². The van der Waals surface area contributed by atoms with E-state index in [9.17, 15) is 9.90 Å². The van der Waals surface area contributed by atoms with Crippen molar-refractivity contribution in [2.75, 3.05) is 13.2 Å². The molecule has 1 saturated heterocycles. The van der Waals surface area contributed by atoms with Crippen molar-refractivity contribution in [3.05, 3.63) is 124 Å². The van der Waals surface area contributed by atoms with Gasteiger partial charge in [-0.1, -0.05) is 123 Å². The summed E-state index contributed by atoms with van der Waals surface area (Å²) in [6.45, 7) is 7.86. The third kappa shape index (κ3) is 6.78. The minimum atomic E-state index is -2.71. The molecule has 0 amide bonds. The van der Waals surface area contributed by atoms with E-state index in [1.807, 2.05) is 42.5 Å². The van der Waals surface area contributed by atoms with Crippen LogP contribution in [-0.2, 0) is 11.0 Å². The Hall–Kier alpha value is -4.02. The number of pyridine rings is 2. The first-order valence-corrected chi connectivity index (χ1v) is 18.7. The normalized spacial score (nSPS) is 17.3. The van der Waals surface area contributed by atoms with Crippen LogP contribution in [0, 0.1) is 5.82 Å². The van der Waals surface area contributed by atoms with Crippen LogP contribution < -0.4 is 26.0 Å². The van der Waals surface area contributed by atoms with Crippen LogP contribution in [0.3, 0.4) is 0 Å². The quantitative estimate of drug-likeness (QED) is 0.138. The molecule has 0 spiro atoms. The van der Waals surface area contributed by atoms with Crippen LogP contribution in [0.1, 0.15) is 45.6 Å². The highest BCUT2D eigenvalue weighted by Gasteiger charge is 2.51. The maximum atomic E-state index is 15.5. The van der Waals surface area contributed by atoms with Gasteiger partial charge in [0.25, 0.3) is 13.9 Å². The summed E-state index contributed by atoms with van der Waals surface area (Å²) in [6.07, 6.45) is 2.42. The molecule has 1 fully saturated rings. The number of benzene rings is 3. The second kappa shape index (κ2) is 14.2. The number of aromatic hydroxyl groups is 1. The van der Waals surface area contributed by atoms with Crippen LogP contribution >= 0.6 is 11.6 Å².